The van der Waals surface area contributed by atoms with Crippen LogP contribution in [-0.2, 0) is 17.1 Å². The number of hydrogen-bond acceptors (Lipinski definition) is 4. The maximum atomic E-state index is 6.25. The van der Waals surface area contributed by atoms with Gasteiger partial charge in [0.15, 0.2) is 0 Å². The summed E-state index contributed by atoms with van der Waals surface area (Å²) in [6.07, 6.45) is 18.0. The fourth-order valence-electron chi connectivity index (χ4n) is 0. The van der Waals surface area contributed by atoms with Crippen molar-refractivity contribution in [3.05, 3.63) is 39.1 Å². The van der Waals surface area contributed by atoms with Gasteiger partial charge in [-0.2, -0.15) is 0 Å². The van der Waals surface area contributed by atoms with E-state index in [1.165, 1.54) is 0 Å². The van der Waals surface area contributed by atoms with Gasteiger partial charge in [-0.15, -0.1) is 24.0 Å². The number of terminal acetylenes is 2. The maximum Gasteiger partial charge on any atom is 6.00 e. The molecule has 0 rings (SSSR count). The van der Waals surface area contributed by atoms with Gasteiger partial charge in [0, 0.05) is 0 Å². The SMILES string of the molecule is I.[C-]#C.[C-]#C.[C-]#N.[C-]#N.[C-]#N.[C-]#N.[Fe+6]. The van der Waals surface area contributed by atoms with E-state index in [1.54, 1.807) is 0 Å². The average Bonchev–Trinajstić information content (AvgIpc) is 2.33. The van der Waals surface area contributed by atoms with Crippen molar-refractivity contribution < 1.29 is 17.1 Å². The van der Waals surface area contributed by atoms with Crippen LogP contribution in [0.15, 0.2) is 0 Å². The van der Waals surface area contributed by atoms with Crippen molar-refractivity contribution in [3.8, 4) is 12.8 Å². The summed E-state index contributed by atoms with van der Waals surface area (Å²) < 4.78 is 0. The Bertz CT molecular complexity index is 96.4. The van der Waals surface area contributed by atoms with Crippen LogP contribution in [0.3, 0.4) is 0 Å². The molecule has 0 aliphatic carbocycles. The van der Waals surface area contributed by atoms with Crippen molar-refractivity contribution in [3.63, 3.8) is 0 Å². The van der Waals surface area contributed by atoms with Crippen molar-refractivity contribution in [2.75, 3.05) is 0 Å². The monoisotopic (exact) mass is 338 g/mol. The van der Waals surface area contributed by atoms with Crippen LogP contribution in [0.4, 0.5) is 0 Å². The molecule has 0 saturated carbocycles. The second-order valence-corrected chi connectivity index (χ2v) is 0. The van der Waals surface area contributed by atoms with E-state index in [0.717, 1.165) is 0 Å². The minimum absolute atomic E-state index is 0. The molecule has 0 unspecified atom stereocenters. The van der Waals surface area contributed by atoms with Gasteiger partial charge in [0.2, 0.25) is 0 Å². The van der Waals surface area contributed by atoms with E-state index in [9.17, 15) is 0 Å². The third-order valence-electron chi connectivity index (χ3n) is 0. The largest absolute Gasteiger partial charge is 6.00 e. The van der Waals surface area contributed by atoms with E-state index in [2.05, 4.69) is 12.8 Å². The molecule has 0 spiro atoms. The van der Waals surface area contributed by atoms with E-state index in [0.29, 0.717) is 0 Å². The Morgan fingerprint density at radius 3 is 0.500 bits per heavy atom. The van der Waals surface area contributed by atoms with Crippen LogP contribution in [0.25, 0.3) is 0 Å². The molecule has 6 heteroatoms. The molecule has 0 aromatic rings. The number of hydrogen-bond donors (Lipinski definition) is 0. The van der Waals surface area contributed by atoms with Crippen molar-refractivity contribution in [1.29, 1.82) is 21.0 Å². The summed E-state index contributed by atoms with van der Waals surface area (Å²) in [6.45, 7) is 19.0. The molecular weight excluding hydrogens is 335 g/mol. The molecule has 0 radical (unpaired) electrons. The standard InChI is InChI=1S/2C2H.4CN.Fe.HI/c6*1-2;;/h2*1H;;;;;;1H/q6*-1;+6;. The first-order valence-corrected chi connectivity index (χ1v) is 1.47. The molecule has 0 bridgehead atoms. The van der Waals surface area contributed by atoms with Gasteiger partial charge in [-0.1, -0.05) is 0 Å². The summed E-state index contributed by atoms with van der Waals surface area (Å²) in [5, 5.41) is 25.0. The van der Waals surface area contributed by atoms with E-state index in [4.69, 9.17) is 60.2 Å². The molecule has 0 N–H and O–H groups in total. The fourth-order valence-corrected chi connectivity index (χ4v) is 0. The van der Waals surface area contributed by atoms with Gasteiger partial charge in [-0.05, 0) is 0 Å². The fraction of sp³-hybridized carbons (Fsp3) is 0. The Hall–Kier alpha value is -1.67. The molecule has 70 valence electrons. The minimum atomic E-state index is 0. The van der Waals surface area contributed by atoms with Crippen LogP contribution in [0.1, 0.15) is 0 Å². The zero-order valence-electron chi connectivity index (χ0n) is 6.71. The molecule has 0 aliphatic heterocycles. The quantitative estimate of drug-likeness (QED) is 0.289. The van der Waals surface area contributed by atoms with Gasteiger partial charge >= 0.3 is 17.1 Å². The van der Waals surface area contributed by atoms with Crippen molar-refractivity contribution >= 4 is 24.0 Å². The minimum Gasteiger partial charge on any atom is -0.697 e. The third-order valence-corrected chi connectivity index (χ3v) is 0. The topological polar surface area (TPSA) is 95.2 Å². The van der Waals surface area contributed by atoms with Crippen molar-refractivity contribution in [2.45, 2.75) is 0 Å². The summed E-state index contributed by atoms with van der Waals surface area (Å²) >= 11 is 0. The Labute approximate surface area is 114 Å². The van der Waals surface area contributed by atoms with Crippen molar-refractivity contribution in [2.24, 2.45) is 0 Å². The predicted molar refractivity (Wildman–Crippen MR) is 51.7 cm³/mol. The summed E-state index contributed by atoms with van der Waals surface area (Å²) in [4.78, 5) is 0. The zero-order chi connectivity index (χ0) is 12.0. The van der Waals surface area contributed by atoms with E-state index in [1.807, 2.05) is 0 Å². The molecule has 0 heterocycles. The summed E-state index contributed by atoms with van der Waals surface area (Å²) in [7, 11) is 0. The number of halogens is 1. The molecular formula is C8H3FeIN4. The second-order valence-electron chi connectivity index (χ2n) is 0. The molecule has 0 aromatic heterocycles. The Morgan fingerprint density at radius 2 is 0.500 bits per heavy atom. The smallest absolute Gasteiger partial charge is 0.697 e. The summed E-state index contributed by atoms with van der Waals surface area (Å²) in [5.41, 5.74) is 0. The second kappa shape index (κ2) is 433. The van der Waals surface area contributed by atoms with Crippen LogP contribution in [-0.4, -0.2) is 0 Å². The first kappa shape index (κ1) is 84.4. The Balaban J connectivity index is -0.00000000500. The summed E-state index contributed by atoms with van der Waals surface area (Å²) in [6, 6.07) is 0. The Kier molecular flexibility index (Phi) is 2610. The Morgan fingerprint density at radius 1 is 0.500 bits per heavy atom. The predicted octanol–water partition coefficient (Wildman–Crippen LogP) is 1.41. The van der Waals surface area contributed by atoms with Crippen LogP contribution >= 0.6 is 24.0 Å². The van der Waals surface area contributed by atoms with Gasteiger partial charge in [-0.25, -0.2) is 0 Å². The number of rotatable bonds is 0. The van der Waals surface area contributed by atoms with Crippen LogP contribution in [0.5, 0.6) is 0 Å². The number of nitrogens with zero attached hydrogens (tertiary/aromatic N) is 4. The van der Waals surface area contributed by atoms with Gasteiger partial charge in [-0.3, -0.25) is 0 Å². The van der Waals surface area contributed by atoms with Gasteiger partial charge in [0.25, 0.3) is 0 Å². The average molecular weight is 338 g/mol. The summed E-state index contributed by atoms with van der Waals surface area (Å²) in [5.74, 6) is 0. The molecule has 14 heavy (non-hydrogen) atoms. The van der Waals surface area contributed by atoms with E-state index >= 15 is 0 Å². The molecule has 0 saturated heterocycles. The molecule has 0 fully saturated rings. The molecule has 0 aromatic carbocycles. The zero-order valence-corrected chi connectivity index (χ0v) is 10.1. The van der Waals surface area contributed by atoms with Crippen molar-refractivity contribution in [1.82, 2.24) is 0 Å². The first-order valence-electron chi connectivity index (χ1n) is 1.47. The normalized spacial score (nSPS) is 0.857. The van der Waals surface area contributed by atoms with E-state index in [-0.39, 0.29) is 41.0 Å². The van der Waals surface area contributed by atoms with E-state index < -0.39 is 0 Å². The molecule has 4 nitrogen and oxygen atoms in total. The van der Waals surface area contributed by atoms with Gasteiger partial charge in [0.05, 0.1) is 0 Å². The van der Waals surface area contributed by atoms with Gasteiger partial charge in [0.1, 0.15) is 0 Å². The third kappa shape index (κ3) is 322. The van der Waals surface area contributed by atoms with Crippen LogP contribution in [0, 0.1) is 73.0 Å². The van der Waals surface area contributed by atoms with Crippen LogP contribution in [0.2, 0.25) is 0 Å². The molecule has 0 amide bonds. The van der Waals surface area contributed by atoms with Gasteiger partial charge < -0.3 is 73.0 Å². The maximum absolute atomic E-state index is 6.25. The molecule has 0 atom stereocenters. The first-order chi connectivity index (χ1) is 6.00. The van der Waals surface area contributed by atoms with Crippen LogP contribution < -0.4 is 0 Å². The molecule has 0 aliphatic rings.